The van der Waals surface area contributed by atoms with E-state index in [9.17, 15) is 4.39 Å². The molecule has 5 aromatic rings. The highest BCUT2D eigenvalue weighted by atomic mass is 19.1. The molecule has 0 atom stereocenters. The summed E-state index contributed by atoms with van der Waals surface area (Å²) in [5, 5.41) is 10.9. The summed E-state index contributed by atoms with van der Waals surface area (Å²) in [6.07, 6.45) is 9.21. The highest BCUT2D eigenvalue weighted by Crippen LogP contribution is 2.30. The molecule has 2 aromatic carbocycles. The summed E-state index contributed by atoms with van der Waals surface area (Å²) in [6.45, 7) is 15.9. The number of allylic oxidation sites excluding steroid dienone is 6. The lowest BCUT2D eigenvalue weighted by atomic mass is 10.0. The first-order valence-corrected chi connectivity index (χ1v) is 13.4. The van der Waals surface area contributed by atoms with Crippen molar-refractivity contribution in [2.45, 2.75) is 13.8 Å². The smallest absolute Gasteiger partial charge is 0.161 e. The fourth-order valence-corrected chi connectivity index (χ4v) is 4.65. The quantitative estimate of drug-likeness (QED) is 0.152. The zero-order chi connectivity index (χ0) is 29.6. The summed E-state index contributed by atoms with van der Waals surface area (Å²) in [5.41, 5.74) is 9.17. The van der Waals surface area contributed by atoms with E-state index in [2.05, 4.69) is 40.2 Å². The van der Waals surface area contributed by atoms with Gasteiger partial charge >= 0.3 is 0 Å². The molecular weight excluding hydrogens is 523 g/mol. The fraction of sp³-hybridized carbons (Fsp3) is 0.0571. The topological polar surface area (TPSA) is 82.3 Å². The maximum absolute atomic E-state index is 14.0. The number of H-pyrrole nitrogens is 2. The van der Waals surface area contributed by atoms with Gasteiger partial charge in [-0.1, -0.05) is 80.4 Å². The van der Waals surface area contributed by atoms with Crippen LogP contribution in [0.25, 0.3) is 39.4 Å². The number of rotatable bonds is 10. The van der Waals surface area contributed by atoms with E-state index in [1.165, 1.54) is 12.1 Å². The SMILES string of the molecule is C=C/C=C(/c1cccc(F)c1)c1nc(-c2n[nH]c3ccc(C(/C=C(\C=C)NC(=C)c4ccccc4)=C/C)nc23)[nH]c1C. The maximum atomic E-state index is 14.0. The molecule has 0 bridgehead atoms. The number of imidazole rings is 1. The van der Waals surface area contributed by atoms with E-state index >= 15 is 0 Å². The van der Waals surface area contributed by atoms with Crippen molar-refractivity contribution in [3.05, 3.63) is 157 Å². The van der Waals surface area contributed by atoms with E-state index in [1.54, 1.807) is 18.2 Å². The van der Waals surface area contributed by atoms with Gasteiger partial charge in [0.25, 0.3) is 0 Å². The number of hydrogen-bond donors (Lipinski definition) is 3. The third-order valence-electron chi connectivity index (χ3n) is 6.75. The van der Waals surface area contributed by atoms with E-state index in [4.69, 9.17) is 9.97 Å². The van der Waals surface area contributed by atoms with Crippen molar-refractivity contribution < 1.29 is 4.39 Å². The molecule has 3 aromatic heterocycles. The van der Waals surface area contributed by atoms with Gasteiger partial charge in [0.1, 0.15) is 11.3 Å². The average molecular weight is 555 g/mol. The molecule has 0 radical (unpaired) electrons. The molecular formula is C35H31FN6. The summed E-state index contributed by atoms with van der Waals surface area (Å²) < 4.78 is 14.0. The normalized spacial score (nSPS) is 12.4. The van der Waals surface area contributed by atoms with Crippen LogP contribution in [0.3, 0.4) is 0 Å². The molecule has 0 unspecified atom stereocenters. The van der Waals surface area contributed by atoms with E-state index < -0.39 is 0 Å². The Kier molecular flexibility index (Phi) is 8.20. The van der Waals surface area contributed by atoms with Crippen LogP contribution < -0.4 is 5.32 Å². The molecule has 7 heteroatoms. The van der Waals surface area contributed by atoms with Crippen LogP contribution in [-0.4, -0.2) is 25.1 Å². The Hall–Kier alpha value is -5.56. The molecule has 208 valence electrons. The number of hydrogen-bond acceptors (Lipinski definition) is 4. The van der Waals surface area contributed by atoms with Crippen LogP contribution in [0.2, 0.25) is 0 Å². The van der Waals surface area contributed by atoms with Crippen LogP contribution >= 0.6 is 0 Å². The standard InChI is InChI=1S/C35H31FN6/c1-6-13-29(26-16-12-17-27(36)20-26)32-23(5)38-35(40-32)34-33-31(41-42-34)19-18-30(39-33)24(7-2)21-28(8-3)37-22(4)25-14-10-9-11-15-25/h6-21,37H,1,3-4H2,2,5H3,(H,38,40)(H,41,42)/b24-7+,28-21+,29-13-. The second-order valence-electron chi connectivity index (χ2n) is 9.57. The number of fused-ring (bicyclic) bond motifs is 1. The van der Waals surface area contributed by atoms with E-state index in [0.717, 1.165) is 45.0 Å². The zero-order valence-corrected chi connectivity index (χ0v) is 23.6. The third kappa shape index (κ3) is 5.81. The van der Waals surface area contributed by atoms with Crippen LogP contribution in [0, 0.1) is 12.7 Å². The van der Waals surface area contributed by atoms with Crippen LogP contribution in [0.4, 0.5) is 4.39 Å². The van der Waals surface area contributed by atoms with Crippen molar-refractivity contribution in [2.24, 2.45) is 0 Å². The van der Waals surface area contributed by atoms with Gasteiger partial charge in [0.05, 0.1) is 16.9 Å². The minimum atomic E-state index is -0.320. The van der Waals surface area contributed by atoms with Gasteiger partial charge in [-0.3, -0.25) is 5.10 Å². The van der Waals surface area contributed by atoms with E-state index in [0.29, 0.717) is 28.3 Å². The molecule has 0 aliphatic heterocycles. The Morgan fingerprint density at radius 2 is 1.76 bits per heavy atom. The highest BCUT2D eigenvalue weighted by Gasteiger charge is 2.19. The third-order valence-corrected chi connectivity index (χ3v) is 6.75. The van der Waals surface area contributed by atoms with Crippen molar-refractivity contribution in [1.29, 1.82) is 0 Å². The van der Waals surface area contributed by atoms with Gasteiger partial charge in [0.2, 0.25) is 0 Å². The van der Waals surface area contributed by atoms with Gasteiger partial charge in [0.15, 0.2) is 11.5 Å². The Bertz CT molecular complexity index is 1890. The first-order valence-electron chi connectivity index (χ1n) is 13.4. The minimum absolute atomic E-state index is 0.320. The number of aryl methyl sites for hydroxylation is 1. The van der Waals surface area contributed by atoms with Gasteiger partial charge in [-0.15, -0.1) is 0 Å². The maximum Gasteiger partial charge on any atom is 0.161 e. The van der Waals surface area contributed by atoms with Crippen molar-refractivity contribution in [3.63, 3.8) is 0 Å². The van der Waals surface area contributed by atoms with Crippen molar-refractivity contribution >= 4 is 27.9 Å². The van der Waals surface area contributed by atoms with Gasteiger partial charge in [-0.25, -0.2) is 14.4 Å². The van der Waals surface area contributed by atoms with Crippen LogP contribution in [-0.2, 0) is 0 Å². The number of benzene rings is 2. The molecule has 0 aliphatic carbocycles. The lowest BCUT2D eigenvalue weighted by Gasteiger charge is -2.12. The number of nitrogens with zero attached hydrogens (tertiary/aromatic N) is 3. The molecule has 0 saturated heterocycles. The lowest BCUT2D eigenvalue weighted by molar-refractivity contribution is 0.627. The van der Waals surface area contributed by atoms with Crippen molar-refractivity contribution in [1.82, 2.24) is 30.5 Å². The van der Waals surface area contributed by atoms with Gasteiger partial charge in [0, 0.05) is 22.7 Å². The fourth-order valence-electron chi connectivity index (χ4n) is 4.65. The Balaban J connectivity index is 1.50. The van der Waals surface area contributed by atoms with Crippen LogP contribution in [0.5, 0.6) is 0 Å². The van der Waals surface area contributed by atoms with Crippen molar-refractivity contribution in [3.8, 4) is 11.5 Å². The number of aromatic nitrogens is 5. The number of aromatic amines is 2. The molecule has 3 heterocycles. The summed E-state index contributed by atoms with van der Waals surface area (Å²) in [7, 11) is 0. The summed E-state index contributed by atoms with van der Waals surface area (Å²) in [4.78, 5) is 13.2. The second kappa shape index (κ2) is 12.3. The molecule has 3 N–H and O–H groups in total. The van der Waals surface area contributed by atoms with E-state index in [-0.39, 0.29) is 5.82 Å². The lowest BCUT2D eigenvalue weighted by Crippen LogP contribution is -2.09. The molecule has 0 saturated carbocycles. The number of pyridine rings is 1. The van der Waals surface area contributed by atoms with Gasteiger partial charge < -0.3 is 10.3 Å². The first-order chi connectivity index (χ1) is 20.4. The Labute approximate surface area is 244 Å². The van der Waals surface area contributed by atoms with Crippen LogP contribution in [0.15, 0.2) is 123 Å². The summed E-state index contributed by atoms with van der Waals surface area (Å²) >= 11 is 0. The average Bonchev–Trinajstić information content (AvgIpc) is 3.61. The number of halogens is 1. The first kappa shape index (κ1) is 28.0. The largest absolute Gasteiger partial charge is 0.356 e. The van der Waals surface area contributed by atoms with Crippen LogP contribution in [0.1, 0.15) is 35.1 Å². The predicted octanol–water partition coefficient (Wildman–Crippen LogP) is 8.15. The molecule has 5 rings (SSSR count). The number of nitrogens with one attached hydrogen (secondary N) is 3. The van der Waals surface area contributed by atoms with Gasteiger partial charge in [-0.2, -0.15) is 5.10 Å². The molecule has 0 aliphatic rings. The zero-order valence-electron chi connectivity index (χ0n) is 23.6. The molecule has 6 nitrogen and oxygen atoms in total. The Morgan fingerprint density at radius 1 is 0.976 bits per heavy atom. The summed E-state index contributed by atoms with van der Waals surface area (Å²) in [6, 6.07) is 20.2. The monoisotopic (exact) mass is 554 g/mol. The minimum Gasteiger partial charge on any atom is -0.356 e. The molecule has 0 amide bonds. The van der Waals surface area contributed by atoms with Crippen molar-refractivity contribution in [2.75, 3.05) is 0 Å². The molecule has 0 fully saturated rings. The summed E-state index contributed by atoms with van der Waals surface area (Å²) in [5.74, 6) is 0.230. The highest BCUT2D eigenvalue weighted by molar-refractivity contribution is 5.90. The Morgan fingerprint density at radius 3 is 2.48 bits per heavy atom. The van der Waals surface area contributed by atoms with Gasteiger partial charge in [-0.05, 0) is 67.0 Å². The molecule has 42 heavy (non-hydrogen) atoms. The van der Waals surface area contributed by atoms with E-state index in [1.807, 2.05) is 80.6 Å². The predicted molar refractivity (Wildman–Crippen MR) is 170 cm³/mol. The molecule has 0 spiro atoms. The second-order valence-corrected chi connectivity index (χ2v) is 9.57.